The molecule has 1 N–H and O–H groups in total. The lowest BCUT2D eigenvalue weighted by molar-refractivity contribution is -0.235. The number of nitrogens with zero attached hydrogens (tertiary/aromatic N) is 1. The highest BCUT2D eigenvalue weighted by molar-refractivity contribution is 5.98. The van der Waals surface area contributed by atoms with Gasteiger partial charge in [0, 0.05) is 50.0 Å². The lowest BCUT2D eigenvalue weighted by Crippen LogP contribution is -2.70. The zero-order chi connectivity index (χ0) is 35.9. The van der Waals surface area contributed by atoms with Crippen molar-refractivity contribution in [3.8, 4) is 0 Å². The first-order chi connectivity index (χ1) is 22.3. The topological polar surface area (TPSA) is 146 Å². The second-order valence-corrected chi connectivity index (χ2v) is 14.4. The average molecular weight is 668 g/mol. The number of carbonyl (C=O) groups is 5. The van der Waals surface area contributed by atoms with Crippen molar-refractivity contribution in [1.29, 1.82) is 0 Å². The number of fused-ring (bicyclic) bond motifs is 3. The predicted octanol–water partition coefficient (Wildman–Crippen LogP) is 4.42. The van der Waals surface area contributed by atoms with Gasteiger partial charge in [0.05, 0.1) is 6.42 Å². The number of Topliss-reactive ketones (excluding diaryl/α,β-unsaturated/α-hetero) is 1. The standard InChI is InChI=1S/C37H49NO10/c1-20-27(42)19-37(44)33(46-23(4)40)31-21(2)28(48-29(43)18-26(38(9)10)25-14-12-11-13-15-25)16-17-36(31,8)34(47-24(5)41)32(45-22(3)39)30(20)35(37,6)7/h11-15,26,28,31-34,44H,2,16-19H2,1,3-10H3/t26?,28-,31-,32+,33-,34-,36+,37+/m0/s1. The third-order valence-electron chi connectivity index (χ3n) is 10.8. The van der Waals surface area contributed by atoms with Crippen molar-refractivity contribution in [1.82, 2.24) is 4.90 Å². The van der Waals surface area contributed by atoms with Crippen molar-refractivity contribution < 1.29 is 48.0 Å². The van der Waals surface area contributed by atoms with Crippen molar-refractivity contribution in [3.63, 3.8) is 0 Å². The van der Waals surface area contributed by atoms with Gasteiger partial charge in [-0.15, -0.1) is 0 Å². The Kier molecular flexibility index (Phi) is 10.5. The molecule has 0 saturated heterocycles. The molecular formula is C37H49NO10. The van der Waals surface area contributed by atoms with E-state index in [1.165, 1.54) is 20.8 Å². The molecule has 262 valence electrons. The molecule has 2 saturated carbocycles. The van der Waals surface area contributed by atoms with Gasteiger partial charge in [0.25, 0.3) is 0 Å². The molecule has 0 amide bonds. The molecule has 11 nitrogen and oxygen atoms in total. The van der Waals surface area contributed by atoms with Gasteiger partial charge in [0.15, 0.2) is 11.9 Å². The van der Waals surface area contributed by atoms with Gasteiger partial charge in [0.1, 0.15) is 23.9 Å². The van der Waals surface area contributed by atoms with Gasteiger partial charge in [-0.25, -0.2) is 0 Å². The third kappa shape index (κ3) is 6.59. The van der Waals surface area contributed by atoms with Crippen LogP contribution in [-0.2, 0) is 42.9 Å². The van der Waals surface area contributed by atoms with Gasteiger partial charge in [-0.05, 0) is 56.1 Å². The maximum Gasteiger partial charge on any atom is 0.308 e. The summed E-state index contributed by atoms with van der Waals surface area (Å²) in [7, 11) is 3.75. The van der Waals surface area contributed by atoms with E-state index >= 15 is 0 Å². The molecule has 48 heavy (non-hydrogen) atoms. The molecule has 0 aromatic heterocycles. The van der Waals surface area contributed by atoms with E-state index in [0.29, 0.717) is 5.57 Å². The fraction of sp³-hybridized carbons (Fsp3) is 0.595. The molecule has 0 heterocycles. The summed E-state index contributed by atoms with van der Waals surface area (Å²) in [6.45, 7) is 14.8. The first kappa shape index (κ1) is 37.0. The van der Waals surface area contributed by atoms with E-state index in [2.05, 4.69) is 6.58 Å². The van der Waals surface area contributed by atoms with Gasteiger partial charge in [-0.2, -0.15) is 0 Å². The Balaban J connectivity index is 1.87. The molecule has 2 bridgehead atoms. The predicted molar refractivity (Wildman–Crippen MR) is 175 cm³/mol. The first-order valence-corrected chi connectivity index (χ1v) is 16.3. The van der Waals surface area contributed by atoms with E-state index in [1.54, 1.807) is 27.7 Å². The number of aliphatic hydroxyl groups is 1. The van der Waals surface area contributed by atoms with Crippen LogP contribution in [0, 0.1) is 16.7 Å². The van der Waals surface area contributed by atoms with Crippen molar-refractivity contribution in [3.05, 3.63) is 59.2 Å². The van der Waals surface area contributed by atoms with Gasteiger partial charge in [-0.1, -0.05) is 57.7 Å². The number of carbonyl (C=O) groups excluding carboxylic acids is 5. The van der Waals surface area contributed by atoms with E-state index in [-0.39, 0.29) is 36.5 Å². The lowest BCUT2D eigenvalue weighted by atomic mass is 9.47. The molecule has 2 fully saturated rings. The SMILES string of the molecule is C=C1[C@@H](OC(=O)CC(c2ccccc2)N(C)C)CC[C@@]2(C)[C@@H](OC(C)=O)[C@H](OC(C)=O)C3=C(C)C(=O)C[C@@](O)([C@@H](OC(C)=O)[C@H]12)C3(C)C. The van der Waals surface area contributed by atoms with Gasteiger partial charge < -0.3 is 29.0 Å². The second kappa shape index (κ2) is 13.6. The Hall–Kier alpha value is -3.83. The number of rotatable bonds is 8. The summed E-state index contributed by atoms with van der Waals surface area (Å²) in [4.78, 5) is 67.4. The number of allylic oxidation sites excluding steroid dienone is 1. The highest BCUT2D eigenvalue weighted by Crippen LogP contribution is 2.62. The fourth-order valence-corrected chi connectivity index (χ4v) is 8.31. The van der Waals surface area contributed by atoms with Crippen LogP contribution in [0.15, 0.2) is 53.6 Å². The molecule has 3 aliphatic carbocycles. The minimum Gasteiger partial charge on any atom is -0.459 e. The van der Waals surface area contributed by atoms with Crippen molar-refractivity contribution in [2.45, 2.75) is 110 Å². The van der Waals surface area contributed by atoms with E-state index in [1.807, 2.05) is 49.3 Å². The van der Waals surface area contributed by atoms with Crippen LogP contribution >= 0.6 is 0 Å². The summed E-state index contributed by atoms with van der Waals surface area (Å²) in [5.41, 5.74) is -2.72. The molecule has 8 atom stereocenters. The lowest BCUT2D eigenvalue weighted by Gasteiger charge is -2.62. The first-order valence-electron chi connectivity index (χ1n) is 16.3. The summed E-state index contributed by atoms with van der Waals surface area (Å²) in [6.07, 6.45) is -4.57. The number of ketones is 1. The summed E-state index contributed by atoms with van der Waals surface area (Å²) in [5, 5.41) is 12.8. The zero-order valence-electron chi connectivity index (χ0n) is 29.5. The molecule has 1 unspecified atom stereocenters. The Bertz CT molecular complexity index is 1510. The molecule has 0 aliphatic heterocycles. The van der Waals surface area contributed by atoms with Crippen molar-refractivity contribution in [2.75, 3.05) is 14.1 Å². The van der Waals surface area contributed by atoms with Crippen LogP contribution in [0.2, 0.25) is 0 Å². The van der Waals surface area contributed by atoms with Crippen molar-refractivity contribution in [2.24, 2.45) is 16.7 Å². The minimum absolute atomic E-state index is 0.0413. The van der Waals surface area contributed by atoms with Gasteiger partial charge in [0.2, 0.25) is 0 Å². The fourth-order valence-electron chi connectivity index (χ4n) is 8.31. The third-order valence-corrected chi connectivity index (χ3v) is 10.8. The van der Waals surface area contributed by atoms with Crippen LogP contribution in [0.3, 0.4) is 0 Å². The molecule has 3 aliphatic rings. The highest BCUT2D eigenvalue weighted by atomic mass is 16.6. The highest BCUT2D eigenvalue weighted by Gasteiger charge is 2.69. The summed E-state index contributed by atoms with van der Waals surface area (Å²) < 4.78 is 24.0. The van der Waals surface area contributed by atoms with Gasteiger partial charge >= 0.3 is 23.9 Å². The van der Waals surface area contributed by atoms with Crippen LogP contribution in [0.1, 0.15) is 85.8 Å². The molecule has 1 aromatic carbocycles. The molecule has 1 aromatic rings. The summed E-state index contributed by atoms with van der Waals surface area (Å²) in [5.74, 6) is -3.98. The van der Waals surface area contributed by atoms with Gasteiger partial charge in [-0.3, -0.25) is 24.0 Å². The maximum atomic E-state index is 13.7. The number of ether oxygens (including phenoxy) is 4. The maximum absolute atomic E-state index is 13.7. The Morgan fingerprint density at radius 3 is 2.04 bits per heavy atom. The quantitative estimate of drug-likeness (QED) is 0.239. The second-order valence-electron chi connectivity index (χ2n) is 14.4. The minimum atomic E-state index is -2.02. The van der Waals surface area contributed by atoms with Crippen LogP contribution < -0.4 is 0 Å². The number of hydrogen-bond donors (Lipinski definition) is 1. The molecule has 11 heteroatoms. The Labute approximate surface area is 282 Å². The van der Waals surface area contributed by atoms with E-state index in [4.69, 9.17) is 18.9 Å². The normalized spacial score (nSPS) is 31.9. The monoisotopic (exact) mass is 667 g/mol. The zero-order valence-corrected chi connectivity index (χ0v) is 29.5. The Morgan fingerprint density at radius 1 is 0.938 bits per heavy atom. The number of benzene rings is 1. The molecule has 0 spiro atoms. The van der Waals surface area contributed by atoms with E-state index < -0.39 is 82.8 Å². The number of esters is 4. The van der Waals surface area contributed by atoms with Crippen LogP contribution in [0.25, 0.3) is 0 Å². The van der Waals surface area contributed by atoms with Crippen LogP contribution in [0.4, 0.5) is 0 Å². The number of hydrogen-bond acceptors (Lipinski definition) is 11. The van der Waals surface area contributed by atoms with E-state index in [0.717, 1.165) is 5.56 Å². The summed E-state index contributed by atoms with van der Waals surface area (Å²) in [6, 6.07) is 9.31. The van der Waals surface area contributed by atoms with Crippen LogP contribution in [0.5, 0.6) is 0 Å². The van der Waals surface area contributed by atoms with Crippen molar-refractivity contribution >= 4 is 29.7 Å². The molecule has 4 rings (SSSR count). The average Bonchev–Trinajstić information content (AvgIpc) is 2.97. The van der Waals surface area contributed by atoms with Crippen LogP contribution in [-0.4, -0.2) is 83.8 Å². The summed E-state index contributed by atoms with van der Waals surface area (Å²) >= 11 is 0. The molecular weight excluding hydrogens is 618 g/mol. The molecule has 0 radical (unpaired) electrons. The largest absolute Gasteiger partial charge is 0.459 e. The Morgan fingerprint density at radius 2 is 1.50 bits per heavy atom. The van der Waals surface area contributed by atoms with E-state index in [9.17, 15) is 29.1 Å². The smallest absolute Gasteiger partial charge is 0.308 e.